The van der Waals surface area contributed by atoms with Gasteiger partial charge in [0.05, 0.1) is 13.7 Å². The third kappa shape index (κ3) is 5.64. The number of sulfonamides is 1. The van der Waals surface area contributed by atoms with Gasteiger partial charge in [0.15, 0.2) is 0 Å². The second kappa shape index (κ2) is 11.2. The van der Waals surface area contributed by atoms with Crippen LogP contribution in [0.2, 0.25) is 5.02 Å². The molecule has 2 aromatic rings. The number of piperazine rings is 1. The molecule has 220 valence electrons. The van der Waals surface area contributed by atoms with E-state index in [0.717, 1.165) is 22.0 Å². The molecule has 3 amide bonds. The molecule has 0 aromatic heterocycles. The molecule has 41 heavy (non-hydrogen) atoms. The average Bonchev–Trinajstić information content (AvgIpc) is 3.78. The fourth-order valence-electron chi connectivity index (χ4n) is 5.44. The van der Waals surface area contributed by atoms with Crippen LogP contribution in [-0.2, 0) is 30.8 Å². The van der Waals surface area contributed by atoms with Crippen molar-refractivity contribution in [1.82, 2.24) is 19.4 Å². The first kappa shape index (κ1) is 29.3. The molecule has 2 saturated heterocycles. The Hall–Kier alpha value is -3.22. The van der Waals surface area contributed by atoms with Gasteiger partial charge in [-0.2, -0.15) is 4.31 Å². The maximum Gasteiger partial charge on any atom is 0.248 e. The minimum Gasteiger partial charge on any atom is -0.495 e. The van der Waals surface area contributed by atoms with E-state index in [1.165, 1.54) is 18.1 Å². The molecule has 1 N–H and O–H groups in total. The second-order valence-electron chi connectivity index (χ2n) is 10.9. The molecule has 0 bridgehead atoms. The zero-order valence-electron chi connectivity index (χ0n) is 22.9. The standard InChI is InChI=1S/C28H32ClFN4O6S/c1-16(2)32-15-25-33(41(38,39)24-13-20(30)10-11-23(24)40-3)14-21(31-26(35)18-6-7-18)27(36)34(25)22(28(32)37)12-17-4-8-19(29)9-5-17/h4-5,8-11,13,16,18,21-22,25H,6-7,12,14-15H2,1-3H3,(H,31,35). The monoisotopic (exact) mass is 606 g/mol. The predicted molar refractivity (Wildman–Crippen MR) is 148 cm³/mol. The summed E-state index contributed by atoms with van der Waals surface area (Å²) in [4.78, 5) is 43.0. The lowest BCUT2D eigenvalue weighted by molar-refractivity contribution is -0.169. The lowest BCUT2D eigenvalue weighted by atomic mass is 9.96. The topological polar surface area (TPSA) is 116 Å². The van der Waals surface area contributed by atoms with Crippen LogP contribution in [0.15, 0.2) is 47.4 Å². The molecular formula is C28H32ClFN4O6S. The molecule has 2 heterocycles. The van der Waals surface area contributed by atoms with Crippen LogP contribution >= 0.6 is 11.6 Å². The van der Waals surface area contributed by atoms with Crippen molar-refractivity contribution in [3.05, 3.63) is 58.9 Å². The summed E-state index contributed by atoms with van der Waals surface area (Å²) in [5, 5.41) is 3.22. The van der Waals surface area contributed by atoms with Crippen molar-refractivity contribution >= 4 is 39.3 Å². The highest BCUT2D eigenvalue weighted by molar-refractivity contribution is 7.89. The first-order valence-electron chi connectivity index (χ1n) is 13.4. The highest BCUT2D eigenvalue weighted by Gasteiger charge is 2.55. The molecule has 1 aliphatic carbocycles. The van der Waals surface area contributed by atoms with E-state index in [0.29, 0.717) is 17.9 Å². The summed E-state index contributed by atoms with van der Waals surface area (Å²) in [6.07, 6.45) is 0.361. The fourth-order valence-corrected chi connectivity index (χ4v) is 7.32. The molecule has 1 saturated carbocycles. The van der Waals surface area contributed by atoms with Gasteiger partial charge in [-0.25, -0.2) is 12.8 Å². The third-order valence-electron chi connectivity index (χ3n) is 7.78. The SMILES string of the molecule is COc1ccc(F)cc1S(=O)(=O)N1CC(NC(=O)C2CC2)C(=O)N2C(Cc3ccc(Cl)cc3)C(=O)N(C(C)C)CC21. The fraction of sp³-hybridized carbons (Fsp3) is 0.464. The Morgan fingerprint density at radius 3 is 2.39 bits per heavy atom. The molecule has 2 aliphatic heterocycles. The van der Waals surface area contributed by atoms with Crippen LogP contribution in [0.1, 0.15) is 32.3 Å². The average molecular weight is 607 g/mol. The Labute approximate surface area is 243 Å². The molecule has 0 spiro atoms. The number of hydrogen-bond donors (Lipinski definition) is 1. The van der Waals surface area contributed by atoms with E-state index in [1.54, 1.807) is 29.2 Å². The molecule has 10 nitrogen and oxygen atoms in total. The summed E-state index contributed by atoms with van der Waals surface area (Å²) < 4.78 is 49.1. The Bertz CT molecular complexity index is 1470. The first-order chi connectivity index (χ1) is 19.4. The predicted octanol–water partition coefficient (Wildman–Crippen LogP) is 2.40. The minimum absolute atomic E-state index is 0.0706. The molecule has 3 unspecified atom stereocenters. The number of ether oxygens (including phenoxy) is 1. The van der Waals surface area contributed by atoms with Crippen molar-refractivity contribution in [2.24, 2.45) is 5.92 Å². The zero-order chi connectivity index (χ0) is 29.6. The summed E-state index contributed by atoms with van der Waals surface area (Å²) >= 11 is 6.05. The van der Waals surface area contributed by atoms with Gasteiger partial charge in [-0.15, -0.1) is 0 Å². The first-order valence-corrected chi connectivity index (χ1v) is 15.3. The molecular weight excluding hydrogens is 575 g/mol. The van der Waals surface area contributed by atoms with Crippen LogP contribution in [0.3, 0.4) is 0 Å². The lowest BCUT2D eigenvalue weighted by Crippen LogP contribution is -2.76. The Kier molecular flexibility index (Phi) is 8.01. The van der Waals surface area contributed by atoms with Gasteiger partial charge >= 0.3 is 0 Å². The van der Waals surface area contributed by atoms with Gasteiger partial charge in [0.2, 0.25) is 27.7 Å². The van der Waals surface area contributed by atoms with E-state index in [2.05, 4.69) is 5.32 Å². The van der Waals surface area contributed by atoms with Gasteiger partial charge in [0.1, 0.15) is 34.7 Å². The minimum atomic E-state index is -4.50. The summed E-state index contributed by atoms with van der Waals surface area (Å²) in [7, 11) is -3.22. The van der Waals surface area contributed by atoms with Gasteiger partial charge in [-0.05, 0) is 62.6 Å². The number of fused-ring (bicyclic) bond motifs is 1. The summed E-state index contributed by atoms with van der Waals surface area (Å²) in [6, 6.07) is 7.41. The normalized spacial score (nSPS) is 23.5. The molecule has 3 aliphatic rings. The van der Waals surface area contributed by atoms with Crippen molar-refractivity contribution in [2.75, 3.05) is 20.2 Å². The van der Waals surface area contributed by atoms with Crippen LogP contribution in [-0.4, -0.2) is 84.7 Å². The number of amides is 3. The zero-order valence-corrected chi connectivity index (χ0v) is 24.5. The maximum absolute atomic E-state index is 14.4. The van der Waals surface area contributed by atoms with Crippen molar-refractivity contribution in [2.45, 2.75) is 62.3 Å². The van der Waals surface area contributed by atoms with Gasteiger partial charge in [-0.3, -0.25) is 14.4 Å². The van der Waals surface area contributed by atoms with Crippen LogP contribution in [0.25, 0.3) is 0 Å². The van der Waals surface area contributed by atoms with Gasteiger partial charge in [0, 0.05) is 29.9 Å². The summed E-state index contributed by atoms with van der Waals surface area (Å²) in [6.45, 7) is 3.14. The molecule has 2 aromatic carbocycles. The number of hydrogen-bond acceptors (Lipinski definition) is 6. The van der Waals surface area contributed by atoms with Gasteiger partial charge in [0.25, 0.3) is 0 Å². The number of nitrogens with zero attached hydrogens (tertiary/aromatic N) is 3. The molecule has 13 heteroatoms. The Balaban J connectivity index is 1.62. The maximum atomic E-state index is 14.4. The molecule has 3 atom stereocenters. The van der Waals surface area contributed by atoms with Crippen LogP contribution in [0, 0.1) is 11.7 Å². The van der Waals surface area contributed by atoms with Crippen molar-refractivity contribution in [1.29, 1.82) is 0 Å². The number of benzene rings is 2. The van der Waals surface area contributed by atoms with E-state index in [9.17, 15) is 27.2 Å². The number of carbonyl (C=O) groups excluding carboxylic acids is 3. The molecule has 3 fully saturated rings. The Morgan fingerprint density at radius 1 is 1.10 bits per heavy atom. The summed E-state index contributed by atoms with van der Waals surface area (Å²) in [5.74, 6) is -2.32. The van der Waals surface area contributed by atoms with Crippen LogP contribution in [0.4, 0.5) is 4.39 Å². The van der Waals surface area contributed by atoms with Gasteiger partial charge in [-0.1, -0.05) is 23.7 Å². The molecule has 0 radical (unpaired) electrons. The summed E-state index contributed by atoms with van der Waals surface area (Å²) in [5.41, 5.74) is 0.718. The van der Waals surface area contributed by atoms with E-state index >= 15 is 0 Å². The van der Waals surface area contributed by atoms with Crippen molar-refractivity contribution < 1.29 is 31.9 Å². The quantitative estimate of drug-likeness (QED) is 0.493. The van der Waals surface area contributed by atoms with Gasteiger partial charge < -0.3 is 19.9 Å². The van der Waals surface area contributed by atoms with E-state index in [4.69, 9.17) is 16.3 Å². The Morgan fingerprint density at radius 2 is 1.78 bits per heavy atom. The second-order valence-corrected chi connectivity index (χ2v) is 13.2. The highest BCUT2D eigenvalue weighted by atomic mass is 35.5. The number of halogens is 2. The number of carbonyl (C=O) groups is 3. The number of nitrogens with one attached hydrogen (secondary N) is 1. The largest absolute Gasteiger partial charge is 0.495 e. The van der Waals surface area contributed by atoms with Crippen LogP contribution in [0.5, 0.6) is 5.75 Å². The smallest absolute Gasteiger partial charge is 0.248 e. The van der Waals surface area contributed by atoms with E-state index in [1.807, 2.05) is 13.8 Å². The third-order valence-corrected chi connectivity index (χ3v) is 9.91. The van der Waals surface area contributed by atoms with E-state index in [-0.39, 0.29) is 49.0 Å². The molecule has 5 rings (SSSR count). The number of rotatable bonds is 8. The van der Waals surface area contributed by atoms with Crippen molar-refractivity contribution in [3.63, 3.8) is 0 Å². The van der Waals surface area contributed by atoms with E-state index < -0.39 is 44.9 Å². The van der Waals surface area contributed by atoms with Crippen LogP contribution < -0.4 is 10.1 Å². The number of methoxy groups -OCH3 is 1. The lowest BCUT2D eigenvalue weighted by Gasteiger charge is -2.54. The van der Waals surface area contributed by atoms with Crippen molar-refractivity contribution in [3.8, 4) is 5.75 Å². The highest BCUT2D eigenvalue weighted by Crippen LogP contribution is 2.36.